The van der Waals surface area contributed by atoms with E-state index in [2.05, 4.69) is 15.6 Å². The number of anilines is 2. The van der Waals surface area contributed by atoms with Crippen molar-refractivity contribution in [2.45, 2.75) is 33.4 Å². The van der Waals surface area contributed by atoms with E-state index in [4.69, 9.17) is 16.6 Å². The molecule has 4 rings (SSSR count). The van der Waals surface area contributed by atoms with Crippen LogP contribution in [0.2, 0.25) is 5.15 Å². The molecule has 0 aliphatic heterocycles. The largest absolute Gasteiger partial charge is 0.377 e. The molecular formula is C27H28ClFN6O4S. The normalized spacial score (nSPS) is 12.3. The maximum atomic E-state index is 13.5. The lowest BCUT2D eigenvalue weighted by Gasteiger charge is -2.21. The summed E-state index contributed by atoms with van der Waals surface area (Å²) in [5, 5.41) is 6.77. The molecule has 1 amide bonds. The van der Waals surface area contributed by atoms with Crippen molar-refractivity contribution in [1.82, 2.24) is 19.3 Å². The molecule has 0 unspecified atom stereocenters. The fraction of sp³-hybridized carbons (Fsp3) is 0.259. The van der Waals surface area contributed by atoms with E-state index < -0.39 is 22.0 Å². The second kappa shape index (κ2) is 11.2. The van der Waals surface area contributed by atoms with E-state index in [1.807, 2.05) is 24.6 Å². The molecule has 210 valence electrons. The van der Waals surface area contributed by atoms with Gasteiger partial charge >= 0.3 is 0 Å². The summed E-state index contributed by atoms with van der Waals surface area (Å²) in [5.41, 5.74) is 3.31. The number of pyridine rings is 1. The Kier molecular flexibility index (Phi) is 8.13. The van der Waals surface area contributed by atoms with Gasteiger partial charge in [-0.2, -0.15) is 0 Å². The molecule has 2 aromatic carbocycles. The maximum absolute atomic E-state index is 13.5. The number of halogens is 2. The standard InChI is InChI=1S/C27H28ClFN6O4S/c1-14-10-19(16(3)31-21-8-9-22(28)32-24(21)25(36)34-40(5,38)39)23-20(11-14)26(37)35(4)27(33-23)30-13-17-6-7-18(29)12-15(17)2/h6-12,16,31H,13H2,1-5H3,(H,30,33)(H,34,36)/t16-/m1/s1. The number of amides is 1. The second-order valence-corrected chi connectivity index (χ2v) is 11.7. The van der Waals surface area contributed by atoms with Gasteiger partial charge in [-0.05, 0) is 67.8 Å². The molecule has 10 nitrogen and oxygen atoms in total. The Morgan fingerprint density at radius 1 is 1.12 bits per heavy atom. The molecule has 0 radical (unpaired) electrons. The SMILES string of the molecule is Cc1cc([C@@H](C)Nc2ccc(Cl)nc2C(=O)NS(C)(=O)=O)c2nc(NCc3ccc(F)cc3C)n(C)c(=O)c2c1. The van der Waals surface area contributed by atoms with Gasteiger partial charge in [-0.15, -0.1) is 0 Å². The fourth-order valence-electron chi connectivity index (χ4n) is 4.33. The molecule has 40 heavy (non-hydrogen) atoms. The van der Waals surface area contributed by atoms with Crippen LogP contribution in [0.1, 0.15) is 45.7 Å². The molecular weight excluding hydrogens is 559 g/mol. The van der Waals surface area contributed by atoms with Crippen molar-refractivity contribution in [1.29, 1.82) is 0 Å². The van der Waals surface area contributed by atoms with Gasteiger partial charge in [-0.1, -0.05) is 23.7 Å². The van der Waals surface area contributed by atoms with Crippen LogP contribution in [-0.4, -0.2) is 35.1 Å². The molecule has 2 aromatic heterocycles. The number of hydrogen-bond donors (Lipinski definition) is 3. The average molecular weight is 587 g/mol. The Hall–Kier alpha value is -4.03. The zero-order chi connectivity index (χ0) is 29.4. The van der Waals surface area contributed by atoms with Gasteiger partial charge in [0.25, 0.3) is 11.5 Å². The Bertz CT molecular complexity index is 1810. The number of hydrogen-bond acceptors (Lipinski definition) is 8. The van der Waals surface area contributed by atoms with Crippen LogP contribution in [0.25, 0.3) is 10.9 Å². The van der Waals surface area contributed by atoms with Crippen LogP contribution in [0.3, 0.4) is 0 Å². The highest BCUT2D eigenvalue weighted by Crippen LogP contribution is 2.29. The van der Waals surface area contributed by atoms with E-state index in [1.165, 1.54) is 28.8 Å². The summed E-state index contributed by atoms with van der Waals surface area (Å²) in [4.78, 5) is 34.8. The molecule has 0 saturated carbocycles. The number of rotatable bonds is 8. The van der Waals surface area contributed by atoms with Crippen LogP contribution in [0.5, 0.6) is 0 Å². The van der Waals surface area contributed by atoms with Crippen molar-refractivity contribution >= 4 is 50.1 Å². The average Bonchev–Trinajstić information content (AvgIpc) is 2.86. The Morgan fingerprint density at radius 2 is 1.85 bits per heavy atom. The van der Waals surface area contributed by atoms with Crippen LogP contribution in [0.15, 0.2) is 47.3 Å². The van der Waals surface area contributed by atoms with Crippen molar-refractivity contribution in [3.05, 3.63) is 91.7 Å². The molecule has 0 aliphatic carbocycles. The quantitative estimate of drug-likeness (QED) is 0.261. The molecule has 0 bridgehead atoms. The van der Waals surface area contributed by atoms with Crippen LogP contribution in [-0.2, 0) is 23.6 Å². The zero-order valence-corrected chi connectivity index (χ0v) is 24.0. The van der Waals surface area contributed by atoms with Crippen molar-refractivity contribution < 1.29 is 17.6 Å². The highest BCUT2D eigenvalue weighted by atomic mass is 35.5. The summed E-state index contributed by atoms with van der Waals surface area (Å²) >= 11 is 5.98. The van der Waals surface area contributed by atoms with Crippen molar-refractivity contribution in [2.24, 2.45) is 7.05 Å². The van der Waals surface area contributed by atoms with Crippen molar-refractivity contribution in [2.75, 3.05) is 16.9 Å². The van der Waals surface area contributed by atoms with Gasteiger partial charge < -0.3 is 10.6 Å². The first-order valence-electron chi connectivity index (χ1n) is 12.2. The third-order valence-electron chi connectivity index (χ3n) is 6.29. The monoisotopic (exact) mass is 586 g/mol. The Labute approximate surface area is 235 Å². The van der Waals surface area contributed by atoms with E-state index in [9.17, 15) is 22.4 Å². The molecule has 0 saturated heterocycles. The van der Waals surface area contributed by atoms with Crippen LogP contribution < -0.4 is 20.9 Å². The number of nitrogens with zero attached hydrogens (tertiary/aromatic N) is 3. The van der Waals surface area contributed by atoms with Gasteiger partial charge in [0.1, 0.15) is 11.0 Å². The highest BCUT2D eigenvalue weighted by Gasteiger charge is 2.21. The van der Waals surface area contributed by atoms with E-state index in [-0.39, 0.29) is 27.9 Å². The predicted octanol–water partition coefficient (Wildman–Crippen LogP) is 4.21. The third kappa shape index (κ3) is 6.40. The number of aromatic nitrogens is 3. The third-order valence-corrected chi connectivity index (χ3v) is 7.06. The fourth-order valence-corrected chi connectivity index (χ4v) is 4.91. The molecule has 13 heteroatoms. The lowest BCUT2D eigenvalue weighted by Crippen LogP contribution is -2.31. The first-order valence-corrected chi connectivity index (χ1v) is 14.5. The molecule has 4 aromatic rings. The molecule has 0 aliphatic rings. The number of benzene rings is 2. The molecule has 1 atom stereocenters. The highest BCUT2D eigenvalue weighted by molar-refractivity contribution is 7.89. The van der Waals surface area contributed by atoms with Crippen LogP contribution in [0, 0.1) is 19.7 Å². The number of sulfonamides is 1. The molecule has 0 fully saturated rings. The van der Waals surface area contributed by atoms with E-state index >= 15 is 0 Å². The number of fused-ring (bicyclic) bond motifs is 1. The summed E-state index contributed by atoms with van der Waals surface area (Å²) in [6.07, 6.45) is 0.860. The molecule has 2 heterocycles. The van der Waals surface area contributed by atoms with Gasteiger partial charge in [-0.3, -0.25) is 14.2 Å². The number of aryl methyl sites for hydroxylation is 2. The Morgan fingerprint density at radius 3 is 2.52 bits per heavy atom. The van der Waals surface area contributed by atoms with Crippen molar-refractivity contribution in [3.8, 4) is 0 Å². The van der Waals surface area contributed by atoms with Crippen LogP contribution in [0.4, 0.5) is 16.0 Å². The summed E-state index contributed by atoms with van der Waals surface area (Å²) < 4.78 is 40.1. The smallest absolute Gasteiger partial charge is 0.285 e. The minimum atomic E-state index is -3.84. The minimum Gasteiger partial charge on any atom is -0.377 e. The second-order valence-electron chi connectivity index (χ2n) is 9.57. The minimum absolute atomic E-state index is 0.00938. The summed E-state index contributed by atoms with van der Waals surface area (Å²) in [6.45, 7) is 5.79. The van der Waals surface area contributed by atoms with Crippen molar-refractivity contribution in [3.63, 3.8) is 0 Å². The van der Waals surface area contributed by atoms with Gasteiger partial charge in [0, 0.05) is 19.2 Å². The number of carbonyl (C=O) groups is 1. The first kappa shape index (κ1) is 29.0. The molecule has 0 spiro atoms. The first-order chi connectivity index (χ1) is 18.7. The predicted molar refractivity (Wildman–Crippen MR) is 154 cm³/mol. The lowest BCUT2D eigenvalue weighted by atomic mass is 10.0. The van der Waals surface area contributed by atoms with E-state index in [1.54, 1.807) is 26.1 Å². The summed E-state index contributed by atoms with van der Waals surface area (Å²) in [5.74, 6) is -0.949. The van der Waals surface area contributed by atoms with Gasteiger partial charge in [0.2, 0.25) is 16.0 Å². The topological polar surface area (TPSA) is 135 Å². The number of carbonyl (C=O) groups excluding carboxylic acids is 1. The summed E-state index contributed by atoms with van der Waals surface area (Å²) in [7, 11) is -2.23. The maximum Gasteiger partial charge on any atom is 0.285 e. The van der Waals surface area contributed by atoms with E-state index in [0.29, 0.717) is 29.0 Å². The van der Waals surface area contributed by atoms with Gasteiger partial charge in [0.15, 0.2) is 5.69 Å². The number of nitrogens with one attached hydrogen (secondary N) is 3. The molecule has 3 N–H and O–H groups in total. The van der Waals surface area contributed by atoms with Gasteiger partial charge in [0.05, 0.1) is 28.9 Å². The lowest BCUT2D eigenvalue weighted by molar-refractivity contribution is 0.0977. The Balaban J connectivity index is 1.74. The van der Waals surface area contributed by atoms with Gasteiger partial charge in [-0.25, -0.2) is 27.5 Å². The van der Waals surface area contributed by atoms with E-state index in [0.717, 1.165) is 22.9 Å². The zero-order valence-electron chi connectivity index (χ0n) is 22.5. The summed E-state index contributed by atoms with van der Waals surface area (Å²) in [6, 6.07) is 10.6. The van der Waals surface area contributed by atoms with Crippen LogP contribution >= 0.6 is 11.6 Å².